The molecular formula is C13H17NO. The third kappa shape index (κ3) is 2.73. The number of nitrogens with zero attached hydrogens (tertiary/aromatic N) is 1. The van der Waals surface area contributed by atoms with Crippen LogP contribution in [0.15, 0.2) is 12.1 Å². The van der Waals surface area contributed by atoms with E-state index in [9.17, 15) is 0 Å². The highest BCUT2D eigenvalue weighted by Crippen LogP contribution is 2.24. The topological polar surface area (TPSA) is 33.0 Å². The molecule has 80 valence electrons. The molecule has 0 spiro atoms. The summed E-state index contributed by atoms with van der Waals surface area (Å²) in [5, 5.41) is 8.55. The van der Waals surface area contributed by atoms with E-state index >= 15 is 0 Å². The predicted octanol–water partition coefficient (Wildman–Crippen LogP) is 3.16. The van der Waals surface area contributed by atoms with Gasteiger partial charge in [-0.2, -0.15) is 5.26 Å². The van der Waals surface area contributed by atoms with Gasteiger partial charge >= 0.3 is 0 Å². The van der Waals surface area contributed by atoms with Gasteiger partial charge in [0.05, 0.1) is 12.7 Å². The van der Waals surface area contributed by atoms with E-state index in [4.69, 9.17) is 10.00 Å². The minimum absolute atomic E-state index is 0.578. The smallest absolute Gasteiger partial charge is 0.122 e. The molecule has 0 heterocycles. The number of hydrogen-bond donors (Lipinski definition) is 0. The van der Waals surface area contributed by atoms with Crippen molar-refractivity contribution in [1.29, 1.82) is 5.26 Å². The first-order valence-electron chi connectivity index (χ1n) is 5.29. The molecule has 2 nitrogen and oxygen atoms in total. The van der Waals surface area contributed by atoms with Gasteiger partial charge in [0.15, 0.2) is 0 Å². The summed E-state index contributed by atoms with van der Waals surface area (Å²) in [5.74, 6) is 0.954. The molecule has 0 radical (unpaired) electrons. The zero-order chi connectivity index (χ0) is 11.3. The first kappa shape index (κ1) is 11.6. The minimum Gasteiger partial charge on any atom is -0.494 e. The van der Waals surface area contributed by atoms with Gasteiger partial charge in [0.1, 0.15) is 5.75 Å². The van der Waals surface area contributed by atoms with Crippen LogP contribution in [0.5, 0.6) is 5.75 Å². The molecule has 1 rings (SSSR count). The molecule has 0 saturated carbocycles. The average Bonchev–Trinajstić information content (AvgIpc) is 2.24. The number of rotatable bonds is 4. The Bertz CT molecular complexity index is 377. The third-order valence-electron chi connectivity index (χ3n) is 2.66. The summed E-state index contributed by atoms with van der Waals surface area (Å²) in [7, 11) is 0. The summed E-state index contributed by atoms with van der Waals surface area (Å²) < 4.78 is 5.51. The standard InChI is InChI=1S/C13H17NO/c1-4-15-13-8-7-12(6-5-9-14)10(2)11(13)3/h7-8H,4-6H2,1-3H3. The predicted molar refractivity (Wildman–Crippen MR) is 61.0 cm³/mol. The second kappa shape index (κ2) is 5.41. The highest BCUT2D eigenvalue weighted by atomic mass is 16.5. The summed E-state index contributed by atoms with van der Waals surface area (Å²) in [6.45, 7) is 6.83. The Kier molecular flexibility index (Phi) is 4.17. The number of hydrogen-bond acceptors (Lipinski definition) is 2. The molecule has 0 aliphatic carbocycles. The third-order valence-corrected chi connectivity index (χ3v) is 2.66. The summed E-state index contributed by atoms with van der Waals surface area (Å²) in [6.07, 6.45) is 1.41. The van der Waals surface area contributed by atoms with E-state index in [-0.39, 0.29) is 0 Å². The first-order chi connectivity index (χ1) is 7.20. The first-order valence-corrected chi connectivity index (χ1v) is 5.29. The maximum Gasteiger partial charge on any atom is 0.122 e. The van der Waals surface area contributed by atoms with Crippen LogP contribution in [-0.4, -0.2) is 6.61 Å². The van der Waals surface area contributed by atoms with Crippen molar-refractivity contribution in [3.05, 3.63) is 28.8 Å². The van der Waals surface area contributed by atoms with Gasteiger partial charge < -0.3 is 4.74 Å². The maximum atomic E-state index is 8.55. The average molecular weight is 203 g/mol. The largest absolute Gasteiger partial charge is 0.494 e. The molecule has 1 aromatic carbocycles. The van der Waals surface area contributed by atoms with Crippen molar-refractivity contribution < 1.29 is 4.74 Å². The number of ether oxygens (including phenoxy) is 1. The summed E-state index contributed by atoms with van der Waals surface area (Å²) >= 11 is 0. The molecular weight excluding hydrogens is 186 g/mol. The van der Waals surface area contributed by atoms with E-state index in [0.717, 1.165) is 12.2 Å². The van der Waals surface area contributed by atoms with E-state index in [1.807, 2.05) is 13.0 Å². The fraction of sp³-hybridized carbons (Fsp3) is 0.462. The van der Waals surface area contributed by atoms with Crippen LogP contribution in [0.4, 0.5) is 0 Å². The Morgan fingerprint density at radius 3 is 2.60 bits per heavy atom. The van der Waals surface area contributed by atoms with Crippen molar-refractivity contribution in [2.24, 2.45) is 0 Å². The Morgan fingerprint density at radius 2 is 2.00 bits per heavy atom. The fourth-order valence-corrected chi connectivity index (χ4v) is 1.63. The summed E-state index contributed by atoms with van der Waals surface area (Å²) in [4.78, 5) is 0. The summed E-state index contributed by atoms with van der Waals surface area (Å²) in [6, 6.07) is 6.23. The fourth-order valence-electron chi connectivity index (χ4n) is 1.63. The molecule has 0 fully saturated rings. The molecule has 2 heteroatoms. The molecule has 0 N–H and O–H groups in total. The maximum absolute atomic E-state index is 8.55. The summed E-state index contributed by atoms with van der Waals surface area (Å²) in [5.41, 5.74) is 3.68. The second-order valence-corrected chi connectivity index (χ2v) is 3.56. The van der Waals surface area contributed by atoms with Crippen molar-refractivity contribution in [1.82, 2.24) is 0 Å². The van der Waals surface area contributed by atoms with Gasteiger partial charge in [-0.05, 0) is 49.9 Å². The monoisotopic (exact) mass is 203 g/mol. The highest BCUT2D eigenvalue weighted by Gasteiger charge is 2.06. The highest BCUT2D eigenvalue weighted by molar-refractivity contribution is 5.43. The van der Waals surface area contributed by atoms with Gasteiger partial charge in [0.25, 0.3) is 0 Å². The van der Waals surface area contributed by atoms with Crippen molar-refractivity contribution in [2.75, 3.05) is 6.61 Å². The molecule has 0 amide bonds. The van der Waals surface area contributed by atoms with Gasteiger partial charge in [-0.1, -0.05) is 6.07 Å². The Morgan fingerprint density at radius 1 is 1.27 bits per heavy atom. The Labute approximate surface area is 91.5 Å². The van der Waals surface area contributed by atoms with Crippen LogP contribution in [0.25, 0.3) is 0 Å². The van der Waals surface area contributed by atoms with Gasteiger partial charge in [0.2, 0.25) is 0 Å². The van der Waals surface area contributed by atoms with Crippen LogP contribution in [0.1, 0.15) is 30.0 Å². The van der Waals surface area contributed by atoms with E-state index in [0.29, 0.717) is 13.0 Å². The van der Waals surface area contributed by atoms with E-state index in [1.54, 1.807) is 0 Å². The normalized spacial score (nSPS) is 9.73. The molecule has 0 aliphatic heterocycles. The van der Waals surface area contributed by atoms with Crippen LogP contribution >= 0.6 is 0 Å². The van der Waals surface area contributed by atoms with Crippen LogP contribution in [0, 0.1) is 25.2 Å². The lowest BCUT2D eigenvalue weighted by Gasteiger charge is -2.12. The molecule has 0 bridgehead atoms. The number of nitriles is 1. The van der Waals surface area contributed by atoms with E-state index in [2.05, 4.69) is 26.0 Å². The van der Waals surface area contributed by atoms with Crippen molar-refractivity contribution in [2.45, 2.75) is 33.6 Å². The van der Waals surface area contributed by atoms with E-state index < -0.39 is 0 Å². The zero-order valence-electron chi connectivity index (χ0n) is 9.63. The molecule has 0 atom stereocenters. The van der Waals surface area contributed by atoms with Crippen LogP contribution in [0.3, 0.4) is 0 Å². The van der Waals surface area contributed by atoms with Gasteiger partial charge in [-0.25, -0.2) is 0 Å². The van der Waals surface area contributed by atoms with Crippen LogP contribution in [-0.2, 0) is 6.42 Å². The SMILES string of the molecule is CCOc1ccc(CCC#N)c(C)c1C. The van der Waals surface area contributed by atoms with Gasteiger partial charge in [-0.15, -0.1) is 0 Å². The number of aryl methyl sites for hydroxylation is 1. The van der Waals surface area contributed by atoms with Crippen molar-refractivity contribution >= 4 is 0 Å². The van der Waals surface area contributed by atoms with Crippen molar-refractivity contribution in [3.63, 3.8) is 0 Å². The van der Waals surface area contributed by atoms with Crippen LogP contribution in [0.2, 0.25) is 0 Å². The van der Waals surface area contributed by atoms with Crippen molar-refractivity contribution in [3.8, 4) is 11.8 Å². The quantitative estimate of drug-likeness (QED) is 0.753. The molecule has 0 saturated heterocycles. The van der Waals surface area contributed by atoms with Gasteiger partial charge in [0, 0.05) is 6.42 Å². The lowest BCUT2D eigenvalue weighted by Crippen LogP contribution is -1.98. The Hall–Kier alpha value is -1.49. The molecule has 0 aromatic heterocycles. The zero-order valence-corrected chi connectivity index (χ0v) is 9.63. The molecule has 1 aromatic rings. The van der Waals surface area contributed by atoms with E-state index in [1.165, 1.54) is 16.7 Å². The second-order valence-electron chi connectivity index (χ2n) is 3.56. The lowest BCUT2D eigenvalue weighted by molar-refractivity contribution is 0.337. The lowest BCUT2D eigenvalue weighted by atomic mass is 9.99. The molecule has 0 aliphatic rings. The molecule has 15 heavy (non-hydrogen) atoms. The van der Waals surface area contributed by atoms with Crippen LogP contribution < -0.4 is 4.74 Å². The minimum atomic E-state index is 0.578. The molecule has 0 unspecified atom stereocenters. The Balaban J connectivity index is 2.94. The van der Waals surface area contributed by atoms with Gasteiger partial charge in [-0.3, -0.25) is 0 Å². The number of benzene rings is 1.